The van der Waals surface area contributed by atoms with Gasteiger partial charge in [-0.2, -0.15) is 0 Å². The van der Waals surface area contributed by atoms with Crippen LogP contribution in [0.5, 0.6) is 0 Å². The minimum atomic E-state index is -0.284. The molecule has 5 heteroatoms. The van der Waals surface area contributed by atoms with Crippen LogP contribution in [0.25, 0.3) is 0 Å². The molecular weight excluding hydrogens is 226 g/mol. The van der Waals surface area contributed by atoms with Crippen LogP contribution in [0.15, 0.2) is 42.9 Å². The number of carbonyl (C=O) groups excluding carboxylic acids is 1. The molecule has 2 rings (SSSR count). The van der Waals surface area contributed by atoms with Gasteiger partial charge in [-0.3, -0.25) is 9.78 Å². The third-order valence-electron chi connectivity index (χ3n) is 1.91. The standard InChI is InChI=1S/C11H8ClN3O/c12-9-4-2-6-14-10(9)15-11(16)8-3-1-5-13-7-8/h1-7H,(H,14,15,16). The third kappa shape index (κ3) is 2.35. The molecule has 1 amide bonds. The van der Waals surface area contributed by atoms with Crippen LogP contribution in [0.4, 0.5) is 5.82 Å². The van der Waals surface area contributed by atoms with Crippen molar-refractivity contribution in [3.63, 3.8) is 0 Å². The van der Waals surface area contributed by atoms with Gasteiger partial charge in [0.05, 0.1) is 10.6 Å². The van der Waals surface area contributed by atoms with Crippen molar-refractivity contribution in [2.24, 2.45) is 0 Å². The van der Waals surface area contributed by atoms with Crippen LogP contribution in [-0.4, -0.2) is 15.9 Å². The maximum atomic E-state index is 11.7. The van der Waals surface area contributed by atoms with Crippen LogP contribution < -0.4 is 5.32 Å². The van der Waals surface area contributed by atoms with Crippen molar-refractivity contribution in [1.82, 2.24) is 9.97 Å². The summed E-state index contributed by atoms with van der Waals surface area (Å²) < 4.78 is 0. The lowest BCUT2D eigenvalue weighted by Gasteiger charge is -2.04. The summed E-state index contributed by atoms with van der Waals surface area (Å²) in [5.41, 5.74) is 0.462. The highest BCUT2D eigenvalue weighted by Crippen LogP contribution is 2.17. The average molecular weight is 234 g/mol. The Morgan fingerprint density at radius 3 is 2.75 bits per heavy atom. The molecule has 4 nitrogen and oxygen atoms in total. The summed E-state index contributed by atoms with van der Waals surface area (Å²) in [6.45, 7) is 0. The molecule has 0 aliphatic heterocycles. The van der Waals surface area contributed by atoms with E-state index in [1.54, 1.807) is 36.7 Å². The van der Waals surface area contributed by atoms with Gasteiger partial charge < -0.3 is 5.32 Å². The second-order valence-electron chi connectivity index (χ2n) is 3.03. The first-order valence-electron chi connectivity index (χ1n) is 4.59. The zero-order valence-corrected chi connectivity index (χ0v) is 8.98. The Balaban J connectivity index is 2.18. The van der Waals surface area contributed by atoms with E-state index in [0.29, 0.717) is 16.4 Å². The highest BCUT2D eigenvalue weighted by molar-refractivity contribution is 6.33. The molecule has 0 aromatic carbocycles. The fourth-order valence-electron chi connectivity index (χ4n) is 1.15. The Labute approximate surface area is 97.3 Å². The van der Waals surface area contributed by atoms with Gasteiger partial charge >= 0.3 is 0 Å². The smallest absolute Gasteiger partial charge is 0.258 e. The fourth-order valence-corrected chi connectivity index (χ4v) is 1.32. The van der Waals surface area contributed by atoms with Gasteiger partial charge in [-0.1, -0.05) is 11.6 Å². The van der Waals surface area contributed by atoms with E-state index in [2.05, 4.69) is 15.3 Å². The van der Waals surface area contributed by atoms with Crippen LogP contribution in [-0.2, 0) is 0 Å². The van der Waals surface area contributed by atoms with Crippen molar-refractivity contribution >= 4 is 23.3 Å². The first kappa shape index (κ1) is 10.6. The van der Waals surface area contributed by atoms with Gasteiger partial charge in [0.1, 0.15) is 0 Å². The summed E-state index contributed by atoms with van der Waals surface area (Å²) in [6.07, 6.45) is 4.64. The van der Waals surface area contributed by atoms with Gasteiger partial charge in [0.2, 0.25) is 0 Å². The Morgan fingerprint density at radius 2 is 2.06 bits per heavy atom. The molecular formula is C11H8ClN3O. The monoisotopic (exact) mass is 233 g/mol. The van der Waals surface area contributed by atoms with Crippen molar-refractivity contribution in [1.29, 1.82) is 0 Å². The van der Waals surface area contributed by atoms with E-state index in [1.165, 1.54) is 6.20 Å². The van der Waals surface area contributed by atoms with Crippen molar-refractivity contribution < 1.29 is 4.79 Å². The normalized spacial score (nSPS) is 9.81. The minimum Gasteiger partial charge on any atom is -0.305 e. The molecule has 0 radical (unpaired) electrons. The van der Waals surface area contributed by atoms with Crippen LogP contribution in [0.3, 0.4) is 0 Å². The molecule has 2 aromatic heterocycles. The molecule has 0 saturated heterocycles. The molecule has 0 unspecified atom stereocenters. The minimum absolute atomic E-state index is 0.284. The summed E-state index contributed by atoms with van der Waals surface area (Å²) in [5, 5.41) is 3.01. The SMILES string of the molecule is O=C(Nc1ncccc1Cl)c1cccnc1. The topological polar surface area (TPSA) is 54.9 Å². The van der Waals surface area contributed by atoms with Gasteiger partial charge in [0.15, 0.2) is 5.82 Å². The van der Waals surface area contributed by atoms with Gasteiger partial charge in [-0.25, -0.2) is 4.98 Å². The molecule has 0 aliphatic rings. The number of nitrogens with zero attached hydrogens (tertiary/aromatic N) is 2. The number of aromatic nitrogens is 2. The largest absolute Gasteiger partial charge is 0.305 e. The number of hydrogen-bond acceptors (Lipinski definition) is 3. The first-order valence-corrected chi connectivity index (χ1v) is 4.97. The van der Waals surface area contributed by atoms with E-state index in [0.717, 1.165) is 0 Å². The van der Waals surface area contributed by atoms with E-state index in [4.69, 9.17) is 11.6 Å². The van der Waals surface area contributed by atoms with E-state index in [-0.39, 0.29) is 5.91 Å². The number of halogens is 1. The lowest BCUT2D eigenvalue weighted by Crippen LogP contribution is -2.13. The third-order valence-corrected chi connectivity index (χ3v) is 2.22. The maximum absolute atomic E-state index is 11.7. The molecule has 0 bridgehead atoms. The molecule has 2 aromatic rings. The molecule has 0 saturated carbocycles. The lowest BCUT2D eigenvalue weighted by molar-refractivity contribution is 0.102. The van der Waals surface area contributed by atoms with Gasteiger partial charge in [0.25, 0.3) is 5.91 Å². The maximum Gasteiger partial charge on any atom is 0.258 e. The fraction of sp³-hybridized carbons (Fsp3) is 0. The van der Waals surface area contributed by atoms with Crippen molar-refractivity contribution in [2.45, 2.75) is 0 Å². The number of nitrogens with one attached hydrogen (secondary N) is 1. The van der Waals surface area contributed by atoms with Crippen LogP contribution in [0.1, 0.15) is 10.4 Å². The predicted octanol–water partition coefficient (Wildman–Crippen LogP) is 2.38. The number of rotatable bonds is 2. The zero-order valence-electron chi connectivity index (χ0n) is 8.22. The molecule has 1 N–H and O–H groups in total. The first-order chi connectivity index (χ1) is 7.77. The summed E-state index contributed by atoms with van der Waals surface area (Å²) in [4.78, 5) is 19.5. The second kappa shape index (κ2) is 4.72. The summed E-state index contributed by atoms with van der Waals surface area (Å²) in [5.74, 6) is 0.0618. The van der Waals surface area contributed by atoms with E-state index < -0.39 is 0 Å². The van der Waals surface area contributed by atoms with Crippen LogP contribution in [0, 0.1) is 0 Å². The van der Waals surface area contributed by atoms with Gasteiger partial charge in [-0.15, -0.1) is 0 Å². The molecule has 16 heavy (non-hydrogen) atoms. The summed E-state index contributed by atoms with van der Waals surface area (Å²) in [7, 11) is 0. The van der Waals surface area contributed by atoms with Gasteiger partial charge in [0, 0.05) is 18.6 Å². The number of pyridine rings is 2. The Hall–Kier alpha value is -1.94. The van der Waals surface area contributed by atoms with Gasteiger partial charge in [-0.05, 0) is 24.3 Å². The number of carbonyl (C=O) groups is 1. The van der Waals surface area contributed by atoms with Crippen LogP contribution in [0.2, 0.25) is 5.02 Å². The van der Waals surface area contributed by atoms with Crippen LogP contribution >= 0.6 is 11.6 Å². The van der Waals surface area contributed by atoms with E-state index in [9.17, 15) is 4.79 Å². The van der Waals surface area contributed by atoms with E-state index >= 15 is 0 Å². The zero-order chi connectivity index (χ0) is 11.4. The Kier molecular flexibility index (Phi) is 3.12. The molecule has 2 heterocycles. The molecule has 0 atom stereocenters. The molecule has 0 spiro atoms. The summed E-state index contributed by atoms with van der Waals surface area (Å²) in [6, 6.07) is 6.71. The Morgan fingerprint density at radius 1 is 1.25 bits per heavy atom. The lowest BCUT2D eigenvalue weighted by atomic mass is 10.3. The Bertz CT molecular complexity index is 502. The van der Waals surface area contributed by atoms with Crippen molar-refractivity contribution in [3.8, 4) is 0 Å². The summed E-state index contributed by atoms with van der Waals surface area (Å²) >= 11 is 5.86. The molecule has 0 fully saturated rings. The number of hydrogen-bond donors (Lipinski definition) is 1. The van der Waals surface area contributed by atoms with Crippen molar-refractivity contribution in [2.75, 3.05) is 5.32 Å². The highest BCUT2D eigenvalue weighted by atomic mass is 35.5. The number of amides is 1. The molecule has 80 valence electrons. The highest BCUT2D eigenvalue weighted by Gasteiger charge is 2.08. The predicted molar refractivity (Wildman–Crippen MR) is 61.4 cm³/mol. The average Bonchev–Trinajstić information content (AvgIpc) is 2.33. The molecule has 0 aliphatic carbocycles. The second-order valence-corrected chi connectivity index (χ2v) is 3.44. The van der Waals surface area contributed by atoms with Crippen molar-refractivity contribution in [3.05, 3.63) is 53.4 Å². The quantitative estimate of drug-likeness (QED) is 0.867. The van der Waals surface area contributed by atoms with E-state index in [1.807, 2.05) is 0 Å². The number of anilines is 1.